The monoisotopic (exact) mass is 199 g/mol. The molecule has 1 N–H and O–H groups in total. The van der Waals surface area contributed by atoms with Crippen molar-refractivity contribution in [3.05, 3.63) is 0 Å². The van der Waals surface area contributed by atoms with E-state index in [0.29, 0.717) is 4.75 Å². The zero-order valence-corrected chi connectivity index (χ0v) is 9.79. The van der Waals surface area contributed by atoms with Crippen LogP contribution in [0, 0.1) is 0 Å². The van der Waals surface area contributed by atoms with Crippen molar-refractivity contribution in [3.8, 4) is 0 Å². The Morgan fingerprint density at radius 1 is 1.08 bits per heavy atom. The molecule has 0 aromatic heterocycles. The average molecular weight is 199 g/mol. The van der Waals surface area contributed by atoms with Crippen molar-refractivity contribution in [3.63, 3.8) is 0 Å². The molecule has 0 amide bonds. The highest BCUT2D eigenvalue weighted by atomic mass is 32.2. The average Bonchev–Trinajstić information content (AvgIpc) is 2.27. The summed E-state index contributed by atoms with van der Waals surface area (Å²) in [5.41, 5.74) is 0. The second-order valence-corrected chi connectivity index (χ2v) is 7.59. The molecule has 0 unspecified atom stereocenters. The van der Waals surface area contributed by atoms with Gasteiger partial charge in [0.2, 0.25) is 0 Å². The third-order valence-corrected chi connectivity index (χ3v) is 4.38. The van der Waals surface area contributed by atoms with E-state index in [2.05, 4.69) is 37.8 Å². The first-order valence-electron chi connectivity index (χ1n) is 5.47. The number of hydrogen-bond donors (Lipinski definition) is 1. The largest absolute Gasteiger partial charge is 0.311 e. The topological polar surface area (TPSA) is 12.0 Å². The van der Waals surface area contributed by atoms with Gasteiger partial charge in [0, 0.05) is 22.1 Å². The van der Waals surface area contributed by atoms with Crippen LogP contribution in [0.2, 0.25) is 0 Å². The third-order valence-electron chi connectivity index (χ3n) is 2.95. The maximum atomic E-state index is 3.69. The fourth-order valence-corrected chi connectivity index (χ4v) is 4.26. The number of hydrogen-bond acceptors (Lipinski definition) is 2. The molecule has 2 bridgehead atoms. The number of nitrogens with one attached hydrogen (secondary N) is 1. The summed E-state index contributed by atoms with van der Waals surface area (Å²) in [5.74, 6) is 0. The Kier molecular flexibility index (Phi) is 2.63. The minimum atomic E-state index is 0.446. The summed E-state index contributed by atoms with van der Waals surface area (Å²) < 4.78 is 0.446. The summed E-state index contributed by atoms with van der Waals surface area (Å²) in [6.07, 6.45) is 5.65. The van der Waals surface area contributed by atoms with Gasteiger partial charge in [0.05, 0.1) is 0 Å². The van der Waals surface area contributed by atoms with E-state index in [1.54, 1.807) is 0 Å². The van der Waals surface area contributed by atoms with Gasteiger partial charge in [-0.1, -0.05) is 20.8 Å². The molecule has 0 aliphatic carbocycles. The summed E-state index contributed by atoms with van der Waals surface area (Å²) in [5, 5.41) is 4.61. The first kappa shape index (κ1) is 9.85. The molecule has 2 saturated heterocycles. The van der Waals surface area contributed by atoms with E-state index in [4.69, 9.17) is 0 Å². The van der Waals surface area contributed by atoms with E-state index in [1.807, 2.05) is 0 Å². The molecule has 1 nitrogen and oxygen atoms in total. The molecular weight excluding hydrogens is 178 g/mol. The van der Waals surface area contributed by atoms with E-state index < -0.39 is 0 Å². The Labute approximate surface area is 86.0 Å². The van der Waals surface area contributed by atoms with Crippen molar-refractivity contribution in [1.82, 2.24) is 5.32 Å². The van der Waals surface area contributed by atoms with Crippen molar-refractivity contribution in [1.29, 1.82) is 0 Å². The normalized spacial score (nSPS) is 39.5. The summed E-state index contributed by atoms with van der Waals surface area (Å²) in [7, 11) is 0. The van der Waals surface area contributed by atoms with Crippen molar-refractivity contribution >= 4 is 11.8 Å². The maximum Gasteiger partial charge on any atom is 0.00819 e. The van der Waals surface area contributed by atoms with Crippen molar-refractivity contribution in [2.45, 2.75) is 68.5 Å². The van der Waals surface area contributed by atoms with Crippen molar-refractivity contribution in [2.75, 3.05) is 0 Å². The van der Waals surface area contributed by atoms with E-state index in [0.717, 1.165) is 17.3 Å². The van der Waals surface area contributed by atoms with E-state index in [9.17, 15) is 0 Å². The highest BCUT2D eigenvalue weighted by Gasteiger charge is 2.35. The maximum absolute atomic E-state index is 3.69. The quantitative estimate of drug-likeness (QED) is 0.697. The molecule has 2 aliphatic rings. The van der Waals surface area contributed by atoms with Crippen LogP contribution in [0.1, 0.15) is 46.5 Å². The van der Waals surface area contributed by atoms with Crippen molar-refractivity contribution in [2.24, 2.45) is 0 Å². The fourth-order valence-electron chi connectivity index (χ4n) is 2.60. The molecule has 0 saturated carbocycles. The molecule has 76 valence electrons. The van der Waals surface area contributed by atoms with E-state index >= 15 is 0 Å². The lowest BCUT2D eigenvalue weighted by molar-refractivity contribution is 0.413. The molecule has 0 radical (unpaired) electrons. The van der Waals surface area contributed by atoms with Crippen LogP contribution in [0.4, 0.5) is 0 Å². The van der Waals surface area contributed by atoms with Gasteiger partial charge in [0.15, 0.2) is 0 Å². The lowest BCUT2D eigenvalue weighted by atomic mass is 10.1. The highest BCUT2D eigenvalue weighted by Crippen LogP contribution is 2.38. The summed E-state index contributed by atoms with van der Waals surface area (Å²) in [4.78, 5) is 0. The Morgan fingerprint density at radius 2 is 1.62 bits per heavy atom. The SMILES string of the molecule is CC(C)(C)SC1C[C@@H]2CC[C@@H](C1)N2. The molecule has 13 heavy (non-hydrogen) atoms. The van der Waals surface area contributed by atoms with Gasteiger partial charge in [-0.3, -0.25) is 0 Å². The Balaban J connectivity index is 1.88. The van der Waals surface area contributed by atoms with Crippen LogP contribution < -0.4 is 5.32 Å². The van der Waals surface area contributed by atoms with E-state index in [1.165, 1.54) is 25.7 Å². The van der Waals surface area contributed by atoms with Gasteiger partial charge in [-0.2, -0.15) is 11.8 Å². The standard InChI is InChI=1S/C11H21NS/c1-11(2,3)13-10-6-8-4-5-9(7-10)12-8/h8-10,12H,4-7H2,1-3H3/t8-,9-/m0/s1. The summed E-state index contributed by atoms with van der Waals surface area (Å²) >= 11 is 2.19. The van der Waals surface area contributed by atoms with Gasteiger partial charge >= 0.3 is 0 Å². The molecular formula is C11H21NS. The third kappa shape index (κ3) is 2.63. The lowest BCUT2D eigenvalue weighted by Crippen LogP contribution is -2.40. The number of piperidine rings is 1. The Bertz CT molecular complexity index is 173. The van der Waals surface area contributed by atoms with E-state index in [-0.39, 0.29) is 0 Å². The summed E-state index contributed by atoms with van der Waals surface area (Å²) in [6.45, 7) is 7.00. The molecule has 0 aromatic rings. The minimum absolute atomic E-state index is 0.446. The molecule has 2 atom stereocenters. The van der Waals surface area contributed by atoms with Crippen LogP contribution in [0.25, 0.3) is 0 Å². The minimum Gasteiger partial charge on any atom is -0.311 e. The number of fused-ring (bicyclic) bond motifs is 2. The second kappa shape index (κ2) is 3.47. The summed E-state index contributed by atoms with van der Waals surface area (Å²) in [6, 6.07) is 1.69. The molecule has 2 rings (SSSR count). The molecule has 2 aliphatic heterocycles. The molecule has 2 heterocycles. The van der Waals surface area contributed by atoms with Gasteiger partial charge in [0.1, 0.15) is 0 Å². The van der Waals surface area contributed by atoms with Gasteiger partial charge in [-0.05, 0) is 25.7 Å². The van der Waals surface area contributed by atoms with Crippen LogP contribution >= 0.6 is 11.8 Å². The first-order valence-corrected chi connectivity index (χ1v) is 6.35. The van der Waals surface area contributed by atoms with Crippen LogP contribution in [-0.2, 0) is 0 Å². The zero-order chi connectivity index (χ0) is 9.47. The second-order valence-electron chi connectivity index (χ2n) is 5.46. The van der Waals surface area contributed by atoms with Gasteiger partial charge in [-0.15, -0.1) is 0 Å². The number of rotatable bonds is 1. The predicted molar refractivity (Wildman–Crippen MR) is 60.3 cm³/mol. The van der Waals surface area contributed by atoms with Crippen LogP contribution in [0.3, 0.4) is 0 Å². The van der Waals surface area contributed by atoms with Crippen LogP contribution in [0.5, 0.6) is 0 Å². The predicted octanol–water partition coefficient (Wildman–Crippen LogP) is 2.80. The smallest absolute Gasteiger partial charge is 0.00819 e. The molecule has 0 aromatic carbocycles. The van der Waals surface area contributed by atoms with Gasteiger partial charge < -0.3 is 5.32 Å². The number of thioether (sulfide) groups is 1. The Morgan fingerprint density at radius 3 is 2.08 bits per heavy atom. The highest BCUT2D eigenvalue weighted by molar-refractivity contribution is 8.01. The molecule has 2 heteroatoms. The Hall–Kier alpha value is 0.310. The van der Waals surface area contributed by atoms with Crippen molar-refractivity contribution < 1.29 is 0 Å². The lowest BCUT2D eigenvalue weighted by Gasteiger charge is -2.33. The first-order chi connectivity index (χ1) is 6.03. The van der Waals surface area contributed by atoms with Crippen LogP contribution in [-0.4, -0.2) is 22.1 Å². The fraction of sp³-hybridized carbons (Fsp3) is 1.00. The van der Waals surface area contributed by atoms with Gasteiger partial charge in [-0.25, -0.2) is 0 Å². The van der Waals surface area contributed by atoms with Gasteiger partial charge in [0.25, 0.3) is 0 Å². The molecule has 2 fully saturated rings. The van der Waals surface area contributed by atoms with Crippen LogP contribution in [0.15, 0.2) is 0 Å². The molecule has 0 spiro atoms. The zero-order valence-electron chi connectivity index (χ0n) is 8.97.